The number of H-pyrrole nitrogens is 1. The number of alkyl halides is 3. The Balaban J connectivity index is 1.20. The highest BCUT2D eigenvalue weighted by Gasteiger charge is 2.79. The summed E-state index contributed by atoms with van der Waals surface area (Å²) in [6.07, 6.45) is -0.560. The number of carbonyl (C=O) groups is 2. The summed E-state index contributed by atoms with van der Waals surface area (Å²) in [6, 6.07) is 0. The van der Waals surface area contributed by atoms with E-state index < -0.39 is 39.9 Å². The van der Waals surface area contributed by atoms with Crippen LogP contribution in [0.15, 0.2) is 21.9 Å². The highest BCUT2D eigenvalue weighted by molar-refractivity contribution is 5.96. The Morgan fingerprint density at radius 1 is 1.14 bits per heavy atom. The molecule has 49 heavy (non-hydrogen) atoms. The Morgan fingerprint density at radius 2 is 1.86 bits per heavy atom. The van der Waals surface area contributed by atoms with Crippen LogP contribution < -0.4 is 25.9 Å². The number of nitrogens with one attached hydrogen (secondary N) is 2. The van der Waals surface area contributed by atoms with Gasteiger partial charge in [0.1, 0.15) is 17.8 Å². The summed E-state index contributed by atoms with van der Waals surface area (Å²) >= 11 is 0. The Morgan fingerprint density at radius 3 is 2.47 bits per heavy atom. The first-order valence-electron chi connectivity index (χ1n) is 16.3. The molecule has 8 rings (SSSR count). The number of ether oxygens (including phenoxy) is 2. The minimum absolute atomic E-state index is 0.0666. The maximum Gasteiger partial charge on any atom is 0.394 e. The molecule has 0 unspecified atom stereocenters. The summed E-state index contributed by atoms with van der Waals surface area (Å²) in [5, 5.41) is 7.39. The molecular weight excluding hydrogens is 649 g/mol. The zero-order chi connectivity index (χ0) is 34.9. The Bertz CT molecular complexity index is 1990. The second-order valence-electron chi connectivity index (χ2n) is 13.4. The van der Waals surface area contributed by atoms with Crippen molar-refractivity contribution in [3.8, 4) is 5.88 Å². The van der Waals surface area contributed by atoms with Gasteiger partial charge in [-0.1, -0.05) is 13.0 Å². The van der Waals surface area contributed by atoms with Crippen LogP contribution in [-0.4, -0.2) is 99.1 Å². The van der Waals surface area contributed by atoms with Crippen LogP contribution in [0.3, 0.4) is 0 Å². The van der Waals surface area contributed by atoms with Gasteiger partial charge in [-0.05, 0) is 44.6 Å². The summed E-state index contributed by atoms with van der Waals surface area (Å²) in [7, 11) is 1.37. The molecule has 5 heterocycles. The first-order valence-corrected chi connectivity index (χ1v) is 16.3. The summed E-state index contributed by atoms with van der Waals surface area (Å²) < 4.78 is 53.8. The number of rotatable bonds is 8. The molecule has 17 heteroatoms. The molecule has 14 nitrogen and oxygen atoms in total. The van der Waals surface area contributed by atoms with Gasteiger partial charge in [0, 0.05) is 43.5 Å². The van der Waals surface area contributed by atoms with E-state index in [1.807, 2.05) is 17.9 Å². The van der Waals surface area contributed by atoms with Crippen molar-refractivity contribution in [1.82, 2.24) is 34.4 Å². The smallest absolute Gasteiger partial charge is 0.394 e. The van der Waals surface area contributed by atoms with E-state index >= 15 is 0 Å². The van der Waals surface area contributed by atoms with Crippen molar-refractivity contribution in [2.75, 3.05) is 51.4 Å². The van der Waals surface area contributed by atoms with E-state index in [4.69, 9.17) is 9.47 Å². The molecule has 262 valence electrons. The molecule has 3 saturated carbocycles. The Hall–Kier alpha value is -4.67. The van der Waals surface area contributed by atoms with Gasteiger partial charge in [-0.3, -0.25) is 19.2 Å². The molecule has 3 aromatic rings. The summed E-state index contributed by atoms with van der Waals surface area (Å²) in [4.78, 5) is 64.9. The van der Waals surface area contributed by atoms with Crippen molar-refractivity contribution in [2.45, 2.75) is 64.2 Å². The van der Waals surface area contributed by atoms with Crippen LogP contribution in [0.2, 0.25) is 0 Å². The molecule has 0 spiro atoms. The fourth-order valence-electron chi connectivity index (χ4n) is 7.75. The SMILES string of the molecule is CCc1c(N2CCN(C(=O)c3c(OC)[nH]cc(C)c3=O)CC2)c(=O)n2nc(C3=CCOCC3)nc2n1CC(=O)NC12CC(C(F)(F)F)(C1)C2. The van der Waals surface area contributed by atoms with Crippen molar-refractivity contribution in [3.05, 3.63) is 55.5 Å². The quantitative estimate of drug-likeness (QED) is 0.361. The van der Waals surface area contributed by atoms with E-state index in [9.17, 15) is 32.3 Å². The number of anilines is 1. The zero-order valence-electron chi connectivity index (χ0n) is 27.4. The number of nitrogens with zero attached hydrogens (tertiary/aromatic N) is 6. The maximum atomic E-state index is 14.2. The van der Waals surface area contributed by atoms with Crippen LogP contribution in [0.25, 0.3) is 11.4 Å². The summed E-state index contributed by atoms with van der Waals surface area (Å²) in [5.74, 6) is -0.436. The number of carbonyl (C=O) groups excluding carboxylic acids is 2. The van der Waals surface area contributed by atoms with E-state index in [1.165, 1.54) is 22.7 Å². The minimum atomic E-state index is -4.30. The number of hydrogen-bond donors (Lipinski definition) is 2. The van der Waals surface area contributed by atoms with Gasteiger partial charge >= 0.3 is 6.18 Å². The molecule has 1 saturated heterocycles. The van der Waals surface area contributed by atoms with Crippen LogP contribution in [0.4, 0.5) is 18.9 Å². The molecular formula is C32H37F3N8O6. The van der Waals surface area contributed by atoms with E-state index in [2.05, 4.69) is 20.4 Å². The van der Waals surface area contributed by atoms with Gasteiger partial charge in [0.05, 0.1) is 31.4 Å². The third-order valence-electron chi connectivity index (χ3n) is 10.3. The number of amides is 2. The maximum absolute atomic E-state index is 14.2. The van der Waals surface area contributed by atoms with Crippen LogP contribution in [0, 0.1) is 12.3 Å². The predicted octanol–water partition coefficient (Wildman–Crippen LogP) is 1.83. The molecule has 0 radical (unpaired) electrons. The van der Waals surface area contributed by atoms with Crippen molar-refractivity contribution >= 4 is 28.9 Å². The van der Waals surface area contributed by atoms with Gasteiger partial charge in [0.25, 0.3) is 11.5 Å². The van der Waals surface area contributed by atoms with Gasteiger partial charge in [-0.15, -0.1) is 5.10 Å². The number of pyridine rings is 1. The number of aromatic nitrogens is 5. The van der Waals surface area contributed by atoms with E-state index in [-0.39, 0.29) is 69.2 Å². The fraction of sp³-hybridized carbons (Fsp3) is 0.562. The molecule has 5 aliphatic rings. The van der Waals surface area contributed by atoms with Gasteiger partial charge in [-0.2, -0.15) is 22.7 Å². The predicted molar refractivity (Wildman–Crippen MR) is 170 cm³/mol. The van der Waals surface area contributed by atoms with Crippen LogP contribution in [0.1, 0.15) is 60.0 Å². The van der Waals surface area contributed by atoms with Crippen LogP contribution >= 0.6 is 0 Å². The average Bonchev–Trinajstić information content (AvgIpc) is 3.50. The topological polar surface area (TPSA) is 156 Å². The summed E-state index contributed by atoms with van der Waals surface area (Å²) in [5.41, 5.74) is -1.61. The monoisotopic (exact) mass is 686 g/mol. The highest BCUT2D eigenvalue weighted by atomic mass is 19.4. The molecule has 2 aliphatic heterocycles. The fourth-order valence-corrected chi connectivity index (χ4v) is 7.75. The van der Waals surface area contributed by atoms with Crippen molar-refractivity contribution in [1.29, 1.82) is 0 Å². The van der Waals surface area contributed by atoms with Crippen LogP contribution in [-0.2, 0) is 22.5 Å². The Labute approximate surface area is 277 Å². The molecule has 2 N–H and O–H groups in total. The molecule has 0 aromatic carbocycles. The molecule has 4 fully saturated rings. The lowest BCUT2D eigenvalue weighted by atomic mass is 9.39. The number of methoxy groups -OCH3 is 1. The minimum Gasteiger partial charge on any atom is -0.482 e. The standard InChI is InChI=1S/C32H37F3N8O6/c1-4-20-23(40-7-9-41(10-8-40)27(46)22-24(45)18(2)13-36-26(22)48-3)28(47)43-29(37-25(39-43)19-5-11-49-12-6-19)42(20)14-21(44)38-31-15-30(16-31,17-31)32(33,34)35/h5,13H,4,6-12,14-17H2,1-3H3,(H,36,45)(H,38,44). The van der Waals surface area contributed by atoms with Gasteiger partial charge in [0.2, 0.25) is 23.0 Å². The van der Waals surface area contributed by atoms with Crippen molar-refractivity contribution in [2.24, 2.45) is 5.41 Å². The molecule has 2 amide bonds. The molecule has 2 bridgehead atoms. The molecule has 3 aromatic heterocycles. The Kier molecular flexibility index (Phi) is 7.87. The van der Waals surface area contributed by atoms with E-state index in [1.54, 1.807) is 11.5 Å². The number of aromatic amines is 1. The average molecular weight is 687 g/mol. The van der Waals surface area contributed by atoms with Gasteiger partial charge in [-0.25, -0.2) is 0 Å². The number of fused-ring (bicyclic) bond motifs is 1. The number of aryl methyl sites for hydroxylation is 1. The number of piperazine rings is 1. The van der Waals surface area contributed by atoms with Crippen molar-refractivity contribution < 1.29 is 32.2 Å². The van der Waals surface area contributed by atoms with Gasteiger partial charge < -0.3 is 34.1 Å². The third kappa shape index (κ3) is 5.29. The number of halogens is 3. The highest BCUT2D eigenvalue weighted by Crippen LogP contribution is 2.73. The van der Waals surface area contributed by atoms with Crippen molar-refractivity contribution in [3.63, 3.8) is 0 Å². The van der Waals surface area contributed by atoms with Crippen LogP contribution in [0.5, 0.6) is 5.88 Å². The summed E-state index contributed by atoms with van der Waals surface area (Å²) in [6.45, 7) is 4.85. The first kappa shape index (κ1) is 32.9. The second kappa shape index (κ2) is 11.7. The first-order chi connectivity index (χ1) is 23.3. The molecule has 3 aliphatic carbocycles. The largest absolute Gasteiger partial charge is 0.482 e. The third-order valence-corrected chi connectivity index (χ3v) is 10.3. The normalized spacial score (nSPS) is 23.5. The zero-order valence-corrected chi connectivity index (χ0v) is 27.4. The molecule has 0 atom stereocenters. The van der Waals surface area contributed by atoms with E-state index in [0.29, 0.717) is 48.8 Å². The lowest BCUT2D eigenvalue weighted by Gasteiger charge is -2.70. The van der Waals surface area contributed by atoms with E-state index in [0.717, 1.165) is 5.57 Å². The number of hydrogen-bond acceptors (Lipinski definition) is 9. The second-order valence-corrected chi connectivity index (χ2v) is 13.4. The van der Waals surface area contributed by atoms with Gasteiger partial charge in [0.15, 0.2) is 5.82 Å². The lowest BCUT2D eigenvalue weighted by Crippen LogP contribution is -2.78. The lowest BCUT2D eigenvalue weighted by molar-refractivity contribution is -0.337.